The Hall–Kier alpha value is -1.65. The molecule has 0 aliphatic carbocycles. The molecule has 1 aromatic heterocycles. The van der Waals surface area contributed by atoms with Gasteiger partial charge >= 0.3 is 5.97 Å². The highest BCUT2D eigenvalue weighted by molar-refractivity contribution is 7.08. The van der Waals surface area contributed by atoms with Crippen molar-refractivity contribution in [1.29, 1.82) is 0 Å². The van der Waals surface area contributed by atoms with E-state index in [0.717, 1.165) is 11.1 Å². The van der Waals surface area contributed by atoms with Crippen molar-refractivity contribution in [3.8, 4) is 0 Å². The number of nitrogens with one attached hydrogen (secondary N) is 1. The average Bonchev–Trinajstić information content (AvgIpc) is 2.94. The molecule has 2 rings (SSSR count). The van der Waals surface area contributed by atoms with Crippen molar-refractivity contribution >= 4 is 17.3 Å². The molecule has 1 unspecified atom stereocenters. The van der Waals surface area contributed by atoms with Gasteiger partial charge in [-0.3, -0.25) is 5.32 Å². The van der Waals surface area contributed by atoms with E-state index in [4.69, 9.17) is 4.74 Å². The quantitative estimate of drug-likeness (QED) is 0.823. The Kier molecular flexibility index (Phi) is 5.12. The van der Waals surface area contributed by atoms with Crippen molar-refractivity contribution in [3.63, 3.8) is 0 Å². The molecule has 0 saturated carbocycles. The monoisotopic (exact) mass is 275 g/mol. The Morgan fingerprint density at radius 2 is 2.11 bits per heavy atom. The second-order valence-corrected chi connectivity index (χ2v) is 4.89. The van der Waals surface area contributed by atoms with Gasteiger partial charge in [-0.15, -0.1) is 0 Å². The molecule has 4 heteroatoms. The zero-order chi connectivity index (χ0) is 13.5. The van der Waals surface area contributed by atoms with E-state index in [1.165, 1.54) is 0 Å². The molecular formula is C15H17NO2S. The number of thiophene rings is 1. The fraction of sp³-hybridized carbons (Fsp3) is 0.267. The minimum Gasteiger partial charge on any atom is -0.465 e. The maximum atomic E-state index is 12.0. The van der Waals surface area contributed by atoms with Crippen LogP contribution < -0.4 is 5.32 Å². The molecule has 0 saturated heterocycles. The number of benzene rings is 1. The summed E-state index contributed by atoms with van der Waals surface area (Å²) < 4.78 is 5.12. The summed E-state index contributed by atoms with van der Waals surface area (Å²) in [5.41, 5.74) is 2.10. The van der Waals surface area contributed by atoms with Crippen LogP contribution in [0.25, 0.3) is 0 Å². The lowest BCUT2D eigenvalue weighted by Crippen LogP contribution is -2.29. The third-order valence-corrected chi connectivity index (χ3v) is 3.45. The maximum Gasteiger partial charge on any atom is 0.327 e. The zero-order valence-electron chi connectivity index (χ0n) is 10.8. The topological polar surface area (TPSA) is 38.3 Å². The zero-order valence-corrected chi connectivity index (χ0v) is 11.7. The lowest BCUT2D eigenvalue weighted by molar-refractivity contribution is -0.145. The molecule has 0 radical (unpaired) electrons. The van der Waals surface area contributed by atoms with Gasteiger partial charge in [0.1, 0.15) is 6.04 Å². The van der Waals surface area contributed by atoms with Crippen LogP contribution >= 0.6 is 11.3 Å². The lowest BCUT2D eigenvalue weighted by Gasteiger charge is -2.16. The molecule has 0 spiro atoms. The van der Waals surface area contributed by atoms with E-state index >= 15 is 0 Å². The third-order valence-electron chi connectivity index (χ3n) is 2.75. The first kappa shape index (κ1) is 13.8. The molecule has 1 aromatic carbocycles. The van der Waals surface area contributed by atoms with Crippen molar-refractivity contribution in [2.45, 2.75) is 19.5 Å². The summed E-state index contributed by atoms with van der Waals surface area (Å²) in [5, 5.41) is 7.19. The predicted molar refractivity (Wildman–Crippen MR) is 77.0 cm³/mol. The number of hydrogen-bond donors (Lipinski definition) is 1. The number of hydrogen-bond acceptors (Lipinski definition) is 4. The smallest absolute Gasteiger partial charge is 0.327 e. The average molecular weight is 275 g/mol. The van der Waals surface area contributed by atoms with Crippen molar-refractivity contribution < 1.29 is 9.53 Å². The number of rotatable bonds is 6. The van der Waals surface area contributed by atoms with E-state index in [0.29, 0.717) is 13.2 Å². The van der Waals surface area contributed by atoms with Crippen molar-refractivity contribution in [1.82, 2.24) is 5.32 Å². The van der Waals surface area contributed by atoms with Crippen LogP contribution in [0.1, 0.15) is 24.1 Å². The molecule has 1 N–H and O–H groups in total. The van der Waals surface area contributed by atoms with Gasteiger partial charge in [-0.05, 0) is 34.9 Å². The Morgan fingerprint density at radius 1 is 1.32 bits per heavy atom. The number of carbonyl (C=O) groups is 1. The molecular weight excluding hydrogens is 258 g/mol. The second-order valence-electron chi connectivity index (χ2n) is 4.11. The summed E-state index contributed by atoms with van der Waals surface area (Å²) in [5.74, 6) is -0.225. The molecule has 1 atom stereocenters. The van der Waals surface area contributed by atoms with Crippen LogP contribution in [0.5, 0.6) is 0 Å². The van der Waals surface area contributed by atoms with E-state index in [1.54, 1.807) is 11.3 Å². The molecule has 0 aliphatic rings. The standard InChI is InChI=1S/C15H17NO2S/c1-2-18-15(17)14(13-8-9-19-11-13)16-10-12-6-4-3-5-7-12/h3-9,11,14,16H,2,10H2,1H3. The Labute approximate surface area is 117 Å². The molecule has 3 nitrogen and oxygen atoms in total. The highest BCUT2D eigenvalue weighted by Crippen LogP contribution is 2.18. The highest BCUT2D eigenvalue weighted by Gasteiger charge is 2.21. The maximum absolute atomic E-state index is 12.0. The van der Waals surface area contributed by atoms with Gasteiger partial charge in [-0.25, -0.2) is 4.79 Å². The van der Waals surface area contributed by atoms with E-state index in [2.05, 4.69) is 5.32 Å². The fourth-order valence-corrected chi connectivity index (χ4v) is 2.50. The summed E-state index contributed by atoms with van der Waals surface area (Å²) in [6.07, 6.45) is 0. The van der Waals surface area contributed by atoms with Gasteiger partial charge in [-0.1, -0.05) is 30.3 Å². The largest absolute Gasteiger partial charge is 0.465 e. The van der Waals surface area contributed by atoms with E-state index in [-0.39, 0.29) is 5.97 Å². The Morgan fingerprint density at radius 3 is 2.74 bits per heavy atom. The summed E-state index contributed by atoms with van der Waals surface area (Å²) in [6.45, 7) is 2.85. The molecule has 100 valence electrons. The normalized spacial score (nSPS) is 12.1. The summed E-state index contributed by atoms with van der Waals surface area (Å²) in [7, 11) is 0. The van der Waals surface area contributed by atoms with E-state index in [1.807, 2.05) is 54.1 Å². The van der Waals surface area contributed by atoms with Gasteiger partial charge in [0, 0.05) is 6.54 Å². The number of carbonyl (C=O) groups excluding carboxylic acids is 1. The summed E-state index contributed by atoms with van der Waals surface area (Å²) in [4.78, 5) is 12.0. The van der Waals surface area contributed by atoms with E-state index < -0.39 is 6.04 Å². The van der Waals surface area contributed by atoms with Crippen molar-refractivity contribution in [2.24, 2.45) is 0 Å². The number of esters is 1. The first-order valence-corrected chi connectivity index (χ1v) is 7.21. The van der Waals surface area contributed by atoms with Gasteiger partial charge in [-0.2, -0.15) is 11.3 Å². The predicted octanol–water partition coefficient (Wildman–Crippen LogP) is 3.14. The van der Waals surface area contributed by atoms with Crippen molar-refractivity contribution in [3.05, 3.63) is 58.3 Å². The third kappa shape index (κ3) is 3.91. The van der Waals surface area contributed by atoms with Crippen LogP contribution in [-0.2, 0) is 16.1 Å². The van der Waals surface area contributed by atoms with Crippen LogP contribution in [0.3, 0.4) is 0 Å². The minimum atomic E-state index is -0.397. The van der Waals surface area contributed by atoms with Crippen LogP contribution in [0.4, 0.5) is 0 Å². The molecule has 0 aliphatic heterocycles. The Bertz CT molecular complexity index is 496. The number of ether oxygens (including phenoxy) is 1. The second kappa shape index (κ2) is 7.07. The van der Waals surface area contributed by atoms with Gasteiger partial charge in [0.15, 0.2) is 0 Å². The fourth-order valence-electron chi connectivity index (χ4n) is 1.82. The molecule has 2 aromatic rings. The first-order chi connectivity index (χ1) is 9.31. The van der Waals surface area contributed by atoms with Crippen molar-refractivity contribution in [2.75, 3.05) is 6.61 Å². The van der Waals surface area contributed by atoms with Gasteiger partial charge in [0.2, 0.25) is 0 Å². The van der Waals surface area contributed by atoms with Crippen LogP contribution in [-0.4, -0.2) is 12.6 Å². The molecule has 0 amide bonds. The molecule has 1 heterocycles. The molecule has 0 fully saturated rings. The van der Waals surface area contributed by atoms with Crippen LogP contribution in [0, 0.1) is 0 Å². The van der Waals surface area contributed by atoms with Gasteiger partial charge < -0.3 is 4.74 Å². The Balaban J connectivity index is 2.04. The highest BCUT2D eigenvalue weighted by atomic mass is 32.1. The molecule has 0 bridgehead atoms. The van der Waals surface area contributed by atoms with E-state index in [9.17, 15) is 4.79 Å². The first-order valence-electron chi connectivity index (χ1n) is 6.27. The SMILES string of the molecule is CCOC(=O)C(NCc1ccccc1)c1ccsc1. The lowest BCUT2D eigenvalue weighted by atomic mass is 10.1. The van der Waals surface area contributed by atoms with Gasteiger partial charge in [0.25, 0.3) is 0 Å². The minimum absolute atomic E-state index is 0.225. The summed E-state index contributed by atoms with van der Waals surface area (Å²) >= 11 is 1.58. The summed E-state index contributed by atoms with van der Waals surface area (Å²) in [6, 6.07) is 11.6. The van der Waals surface area contributed by atoms with Gasteiger partial charge in [0.05, 0.1) is 6.61 Å². The van der Waals surface area contributed by atoms with Crippen LogP contribution in [0.15, 0.2) is 47.2 Å². The van der Waals surface area contributed by atoms with Crippen LogP contribution in [0.2, 0.25) is 0 Å². The molecule has 19 heavy (non-hydrogen) atoms.